The second-order valence-electron chi connectivity index (χ2n) is 5.03. The van der Waals surface area contributed by atoms with Crippen molar-refractivity contribution in [3.05, 3.63) is 53.6 Å². The normalized spacial score (nSPS) is 20.4. The molecule has 0 saturated heterocycles. The quantitative estimate of drug-likeness (QED) is 0.864. The molecule has 0 aliphatic heterocycles. The number of fused-ring (bicyclic) bond motifs is 1. The Morgan fingerprint density at radius 1 is 1.33 bits per heavy atom. The number of benzene rings is 1. The van der Waals surface area contributed by atoms with Crippen molar-refractivity contribution < 1.29 is 0 Å². The van der Waals surface area contributed by atoms with E-state index in [9.17, 15) is 0 Å². The zero-order valence-corrected chi connectivity index (χ0v) is 11.9. The summed E-state index contributed by atoms with van der Waals surface area (Å²) in [5, 5.41) is 0. The van der Waals surface area contributed by atoms with E-state index in [4.69, 9.17) is 0 Å². The highest BCUT2D eigenvalue weighted by atomic mass is 79.9. The zero-order valence-electron chi connectivity index (χ0n) is 10.3. The van der Waals surface area contributed by atoms with E-state index in [-0.39, 0.29) is 0 Å². The summed E-state index contributed by atoms with van der Waals surface area (Å²) in [4.78, 5) is 8.01. The first-order valence-electron chi connectivity index (χ1n) is 6.52. The number of imidazole rings is 1. The highest BCUT2D eigenvalue weighted by Gasteiger charge is 2.24. The molecule has 1 aliphatic rings. The molecule has 1 aromatic carbocycles. The van der Waals surface area contributed by atoms with Crippen LogP contribution in [0, 0.1) is 5.92 Å². The van der Waals surface area contributed by atoms with Crippen LogP contribution in [0.4, 0.5) is 0 Å². The number of halogens is 1. The highest BCUT2D eigenvalue weighted by Crippen LogP contribution is 2.31. The van der Waals surface area contributed by atoms with Gasteiger partial charge in [-0.15, -0.1) is 0 Å². The molecule has 18 heavy (non-hydrogen) atoms. The summed E-state index contributed by atoms with van der Waals surface area (Å²) in [7, 11) is 0. The van der Waals surface area contributed by atoms with Crippen molar-refractivity contribution in [2.45, 2.75) is 30.5 Å². The summed E-state index contributed by atoms with van der Waals surface area (Å²) in [6.07, 6.45) is 8.37. The Labute approximate surface area is 116 Å². The number of aromatic nitrogens is 2. The molecule has 2 unspecified atom stereocenters. The minimum Gasteiger partial charge on any atom is -0.349 e. The molecule has 1 aliphatic carbocycles. The average Bonchev–Trinajstić information content (AvgIpc) is 2.91. The van der Waals surface area contributed by atoms with Crippen LogP contribution in [0.1, 0.15) is 23.4 Å². The van der Waals surface area contributed by atoms with Crippen LogP contribution in [0.5, 0.6) is 0 Å². The van der Waals surface area contributed by atoms with Gasteiger partial charge in [0.05, 0.1) is 0 Å². The molecule has 1 heterocycles. The molecule has 3 heteroatoms. The fourth-order valence-corrected chi connectivity index (χ4v) is 3.55. The molecule has 1 aromatic heterocycles. The van der Waals surface area contributed by atoms with Gasteiger partial charge in [0, 0.05) is 23.6 Å². The van der Waals surface area contributed by atoms with Crippen LogP contribution < -0.4 is 0 Å². The lowest BCUT2D eigenvalue weighted by Gasteiger charge is -2.28. The van der Waals surface area contributed by atoms with Crippen LogP contribution in [-0.2, 0) is 19.3 Å². The molecule has 0 saturated carbocycles. The topological polar surface area (TPSA) is 28.7 Å². The third kappa shape index (κ3) is 2.51. The van der Waals surface area contributed by atoms with Gasteiger partial charge in [0.25, 0.3) is 0 Å². The van der Waals surface area contributed by atoms with E-state index >= 15 is 0 Å². The van der Waals surface area contributed by atoms with Gasteiger partial charge in [-0.3, -0.25) is 0 Å². The van der Waals surface area contributed by atoms with Crippen LogP contribution in [0.3, 0.4) is 0 Å². The molecule has 2 aromatic rings. The zero-order chi connectivity index (χ0) is 12.4. The standard InChI is InChI=1S/C15H17BrN2/c16-14(10-15-17-7-8-18-15)13-6-5-11-3-1-2-4-12(11)9-13/h1-4,7-8,13-14H,5-6,9-10H2,(H,17,18). The summed E-state index contributed by atoms with van der Waals surface area (Å²) in [6, 6.07) is 8.83. The Bertz CT molecular complexity index is 507. The molecule has 3 rings (SSSR count). The Morgan fingerprint density at radius 3 is 2.94 bits per heavy atom. The Kier molecular flexibility index (Phi) is 3.50. The largest absolute Gasteiger partial charge is 0.349 e. The van der Waals surface area contributed by atoms with Crippen LogP contribution >= 0.6 is 15.9 Å². The maximum absolute atomic E-state index is 4.31. The maximum atomic E-state index is 4.31. The lowest BCUT2D eigenvalue weighted by molar-refractivity contribution is 0.440. The molecule has 2 nitrogen and oxygen atoms in total. The molecule has 0 amide bonds. The Balaban J connectivity index is 1.68. The molecule has 0 spiro atoms. The van der Waals surface area contributed by atoms with Crippen molar-refractivity contribution in [3.63, 3.8) is 0 Å². The first kappa shape index (κ1) is 12.0. The number of hydrogen-bond donors (Lipinski definition) is 1. The van der Waals surface area contributed by atoms with Gasteiger partial charge in [0.2, 0.25) is 0 Å². The van der Waals surface area contributed by atoms with Crippen molar-refractivity contribution in [1.29, 1.82) is 0 Å². The molecular formula is C15H17BrN2. The molecule has 94 valence electrons. The second kappa shape index (κ2) is 5.27. The fraction of sp³-hybridized carbons (Fsp3) is 0.400. The van der Waals surface area contributed by atoms with Gasteiger partial charge in [-0.1, -0.05) is 40.2 Å². The molecule has 0 radical (unpaired) electrons. The van der Waals surface area contributed by atoms with Gasteiger partial charge in [-0.2, -0.15) is 0 Å². The van der Waals surface area contributed by atoms with Gasteiger partial charge in [0.15, 0.2) is 0 Å². The monoisotopic (exact) mass is 304 g/mol. The number of alkyl halides is 1. The lowest BCUT2D eigenvalue weighted by atomic mass is 9.81. The summed E-state index contributed by atoms with van der Waals surface area (Å²) >= 11 is 3.85. The van der Waals surface area contributed by atoms with Gasteiger partial charge < -0.3 is 4.98 Å². The summed E-state index contributed by atoms with van der Waals surface area (Å²) in [5.41, 5.74) is 3.06. The van der Waals surface area contributed by atoms with E-state index in [0.717, 1.165) is 12.2 Å². The lowest BCUT2D eigenvalue weighted by Crippen LogP contribution is -2.24. The average molecular weight is 305 g/mol. The number of rotatable bonds is 3. The first-order chi connectivity index (χ1) is 8.83. The van der Waals surface area contributed by atoms with Crippen LogP contribution in [0.15, 0.2) is 36.7 Å². The summed E-state index contributed by atoms with van der Waals surface area (Å²) in [5.74, 6) is 1.79. The van der Waals surface area contributed by atoms with E-state index in [2.05, 4.69) is 50.2 Å². The number of H-pyrrole nitrogens is 1. The predicted octanol–water partition coefficient (Wildman–Crippen LogP) is 3.52. The third-order valence-electron chi connectivity index (χ3n) is 3.84. The highest BCUT2D eigenvalue weighted by molar-refractivity contribution is 9.09. The number of aryl methyl sites for hydroxylation is 1. The van der Waals surface area contributed by atoms with Gasteiger partial charge in [-0.25, -0.2) is 4.98 Å². The minimum atomic E-state index is 0.511. The molecule has 2 atom stereocenters. The van der Waals surface area contributed by atoms with E-state index in [1.54, 1.807) is 0 Å². The van der Waals surface area contributed by atoms with Gasteiger partial charge >= 0.3 is 0 Å². The number of nitrogens with one attached hydrogen (secondary N) is 1. The third-order valence-corrected chi connectivity index (χ3v) is 4.91. The summed E-state index contributed by atoms with van der Waals surface area (Å²) in [6.45, 7) is 0. The van der Waals surface area contributed by atoms with Crippen molar-refractivity contribution in [3.8, 4) is 0 Å². The first-order valence-corrected chi connectivity index (χ1v) is 7.43. The van der Waals surface area contributed by atoms with Crippen LogP contribution in [0.2, 0.25) is 0 Å². The van der Waals surface area contributed by atoms with Gasteiger partial charge in [-0.05, 0) is 36.3 Å². The Hall–Kier alpha value is -1.09. The van der Waals surface area contributed by atoms with Crippen LogP contribution in [-0.4, -0.2) is 14.8 Å². The molecular weight excluding hydrogens is 288 g/mol. The maximum Gasteiger partial charge on any atom is 0.107 e. The molecule has 1 N–H and O–H groups in total. The molecule has 0 fully saturated rings. The van der Waals surface area contributed by atoms with Crippen LogP contribution in [0.25, 0.3) is 0 Å². The number of hydrogen-bond acceptors (Lipinski definition) is 1. The van der Waals surface area contributed by atoms with Crippen molar-refractivity contribution in [2.24, 2.45) is 5.92 Å². The van der Waals surface area contributed by atoms with E-state index in [1.807, 2.05) is 12.4 Å². The fourth-order valence-electron chi connectivity index (χ4n) is 2.80. The second-order valence-corrected chi connectivity index (χ2v) is 6.20. The summed E-state index contributed by atoms with van der Waals surface area (Å²) < 4.78 is 0. The SMILES string of the molecule is BrC(Cc1ncc[nH]1)C1CCc2ccccc2C1. The van der Waals surface area contributed by atoms with Crippen molar-refractivity contribution >= 4 is 15.9 Å². The van der Waals surface area contributed by atoms with Crippen molar-refractivity contribution in [2.75, 3.05) is 0 Å². The molecule has 0 bridgehead atoms. The number of aromatic amines is 1. The Morgan fingerprint density at radius 2 is 2.17 bits per heavy atom. The predicted molar refractivity (Wildman–Crippen MR) is 77.0 cm³/mol. The van der Waals surface area contributed by atoms with E-state index < -0.39 is 0 Å². The smallest absolute Gasteiger partial charge is 0.107 e. The van der Waals surface area contributed by atoms with Crippen molar-refractivity contribution in [1.82, 2.24) is 9.97 Å². The van der Waals surface area contributed by atoms with E-state index in [1.165, 1.54) is 30.4 Å². The minimum absolute atomic E-state index is 0.511. The van der Waals surface area contributed by atoms with Gasteiger partial charge in [0.1, 0.15) is 5.82 Å². The van der Waals surface area contributed by atoms with E-state index in [0.29, 0.717) is 10.7 Å². The number of nitrogens with zero attached hydrogens (tertiary/aromatic N) is 1.